The average molecular weight is 288 g/mol. The van der Waals surface area contributed by atoms with Crippen LogP contribution in [0.3, 0.4) is 0 Å². The lowest BCUT2D eigenvalue weighted by Gasteiger charge is -2.19. The summed E-state index contributed by atoms with van der Waals surface area (Å²) in [6.07, 6.45) is 0. The normalized spacial score (nSPS) is 11.9. The van der Waals surface area contributed by atoms with Gasteiger partial charge in [-0.2, -0.15) is 0 Å². The van der Waals surface area contributed by atoms with Crippen molar-refractivity contribution in [2.24, 2.45) is 0 Å². The zero-order valence-electron chi connectivity index (χ0n) is 12.9. The fourth-order valence-corrected chi connectivity index (χ4v) is 2.15. The van der Waals surface area contributed by atoms with Crippen molar-refractivity contribution in [3.8, 4) is 5.75 Å². The van der Waals surface area contributed by atoms with Gasteiger partial charge in [0.2, 0.25) is 0 Å². The Labute approximate surface area is 125 Å². The van der Waals surface area contributed by atoms with Crippen molar-refractivity contribution in [3.05, 3.63) is 53.8 Å². The van der Waals surface area contributed by atoms with E-state index >= 15 is 0 Å². The maximum absolute atomic E-state index is 13.5. The number of anilines is 2. The van der Waals surface area contributed by atoms with Crippen LogP contribution < -0.4 is 15.0 Å². The minimum atomic E-state index is -0.344. The number of rotatable bonds is 5. The van der Waals surface area contributed by atoms with E-state index in [0.29, 0.717) is 0 Å². The second-order valence-corrected chi connectivity index (χ2v) is 5.20. The van der Waals surface area contributed by atoms with Crippen molar-refractivity contribution in [3.63, 3.8) is 0 Å². The number of ether oxygens (including phenoxy) is 1. The first-order valence-corrected chi connectivity index (χ1v) is 6.88. The molecule has 0 saturated carbocycles. The van der Waals surface area contributed by atoms with Crippen molar-refractivity contribution in [1.29, 1.82) is 0 Å². The lowest BCUT2D eigenvalue weighted by molar-refractivity contribution is 0.385. The van der Waals surface area contributed by atoms with E-state index in [-0.39, 0.29) is 17.6 Å². The molecule has 2 rings (SSSR count). The van der Waals surface area contributed by atoms with E-state index in [1.165, 1.54) is 13.2 Å². The largest absolute Gasteiger partial charge is 0.494 e. The summed E-state index contributed by atoms with van der Waals surface area (Å²) in [6.45, 7) is 2.04. The highest BCUT2D eigenvalue weighted by Crippen LogP contribution is 2.26. The highest BCUT2D eigenvalue weighted by atomic mass is 19.1. The van der Waals surface area contributed by atoms with Crippen LogP contribution in [0.25, 0.3) is 0 Å². The number of nitrogens with one attached hydrogen (secondary N) is 1. The third-order valence-electron chi connectivity index (χ3n) is 3.42. The van der Waals surface area contributed by atoms with E-state index in [9.17, 15) is 4.39 Å². The van der Waals surface area contributed by atoms with Crippen LogP contribution in [0.5, 0.6) is 5.75 Å². The molecule has 21 heavy (non-hydrogen) atoms. The molecule has 1 atom stereocenters. The summed E-state index contributed by atoms with van der Waals surface area (Å²) in [7, 11) is 5.49. The maximum atomic E-state index is 13.5. The first-order chi connectivity index (χ1) is 10.0. The van der Waals surface area contributed by atoms with Gasteiger partial charge in [-0.3, -0.25) is 0 Å². The minimum Gasteiger partial charge on any atom is -0.494 e. The molecule has 0 fully saturated rings. The molecule has 1 unspecified atom stereocenters. The Bertz CT molecular complexity index is 613. The van der Waals surface area contributed by atoms with Gasteiger partial charge in [-0.25, -0.2) is 4.39 Å². The van der Waals surface area contributed by atoms with E-state index < -0.39 is 0 Å². The lowest BCUT2D eigenvalue weighted by Crippen LogP contribution is -2.10. The molecule has 2 aromatic rings. The zero-order chi connectivity index (χ0) is 15.4. The topological polar surface area (TPSA) is 24.5 Å². The molecule has 2 aromatic carbocycles. The summed E-state index contributed by atoms with van der Waals surface area (Å²) in [5.74, 6) is -0.0775. The zero-order valence-corrected chi connectivity index (χ0v) is 12.9. The van der Waals surface area contributed by atoms with Crippen LogP contribution in [-0.4, -0.2) is 21.2 Å². The van der Waals surface area contributed by atoms with Crippen LogP contribution in [0.15, 0.2) is 42.5 Å². The van der Waals surface area contributed by atoms with Crippen molar-refractivity contribution < 1.29 is 9.13 Å². The lowest BCUT2D eigenvalue weighted by atomic mass is 10.1. The molecular formula is C17H21FN2O. The van der Waals surface area contributed by atoms with Gasteiger partial charge in [0.15, 0.2) is 11.6 Å². The first-order valence-electron chi connectivity index (χ1n) is 6.88. The Morgan fingerprint density at radius 3 is 2.57 bits per heavy atom. The van der Waals surface area contributed by atoms with Gasteiger partial charge in [-0.05, 0) is 42.8 Å². The van der Waals surface area contributed by atoms with Crippen LogP contribution in [0.2, 0.25) is 0 Å². The quantitative estimate of drug-likeness (QED) is 0.897. The van der Waals surface area contributed by atoms with Gasteiger partial charge in [-0.1, -0.05) is 12.1 Å². The third kappa shape index (κ3) is 3.66. The second-order valence-electron chi connectivity index (χ2n) is 5.20. The molecule has 0 aliphatic rings. The molecule has 3 nitrogen and oxygen atoms in total. The van der Waals surface area contributed by atoms with Gasteiger partial charge in [0.05, 0.1) is 7.11 Å². The number of benzene rings is 2. The summed E-state index contributed by atoms with van der Waals surface area (Å²) in [5, 5.41) is 3.42. The average Bonchev–Trinajstić information content (AvgIpc) is 2.47. The third-order valence-corrected chi connectivity index (χ3v) is 3.42. The van der Waals surface area contributed by atoms with Crippen LogP contribution >= 0.6 is 0 Å². The summed E-state index contributed by atoms with van der Waals surface area (Å²) in [6, 6.07) is 13.1. The Hall–Kier alpha value is -2.23. The Morgan fingerprint density at radius 1 is 1.14 bits per heavy atom. The predicted octanol–water partition coefficient (Wildman–Crippen LogP) is 4.07. The molecule has 4 heteroatoms. The molecule has 0 aromatic heterocycles. The first kappa shape index (κ1) is 15.2. The van der Waals surface area contributed by atoms with E-state index in [1.807, 2.05) is 33.2 Å². The number of hydrogen-bond acceptors (Lipinski definition) is 3. The van der Waals surface area contributed by atoms with E-state index in [0.717, 1.165) is 16.9 Å². The number of methoxy groups -OCH3 is 1. The predicted molar refractivity (Wildman–Crippen MR) is 85.8 cm³/mol. The molecule has 112 valence electrons. The summed E-state index contributed by atoms with van der Waals surface area (Å²) in [5.41, 5.74) is 3.13. The summed E-state index contributed by atoms with van der Waals surface area (Å²) in [4.78, 5) is 2.05. The van der Waals surface area contributed by atoms with Crippen LogP contribution in [0, 0.1) is 5.82 Å². The second kappa shape index (κ2) is 6.48. The van der Waals surface area contributed by atoms with Crippen molar-refractivity contribution in [2.45, 2.75) is 13.0 Å². The molecule has 0 aliphatic heterocycles. The molecule has 1 N–H and O–H groups in total. The molecule has 0 bridgehead atoms. The van der Waals surface area contributed by atoms with Gasteiger partial charge < -0.3 is 15.0 Å². The molecule has 0 radical (unpaired) electrons. The molecule has 0 saturated heterocycles. The van der Waals surface area contributed by atoms with Gasteiger partial charge in [0, 0.05) is 31.5 Å². The van der Waals surface area contributed by atoms with Crippen molar-refractivity contribution >= 4 is 11.4 Å². The van der Waals surface area contributed by atoms with Gasteiger partial charge >= 0.3 is 0 Å². The van der Waals surface area contributed by atoms with Crippen LogP contribution in [0.4, 0.5) is 15.8 Å². The fourth-order valence-electron chi connectivity index (χ4n) is 2.15. The van der Waals surface area contributed by atoms with E-state index in [1.54, 1.807) is 12.1 Å². The van der Waals surface area contributed by atoms with Gasteiger partial charge in [0.1, 0.15) is 0 Å². The highest BCUT2D eigenvalue weighted by Gasteiger charge is 2.10. The Balaban J connectivity index is 2.17. The molecule has 0 heterocycles. The SMILES string of the molecule is COc1cc(C(C)Nc2cccc(N(C)C)c2)ccc1F. The van der Waals surface area contributed by atoms with Crippen LogP contribution in [0.1, 0.15) is 18.5 Å². The maximum Gasteiger partial charge on any atom is 0.165 e. The van der Waals surface area contributed by atoms with Crippen molar-refractivity contribution in [1.82, 2.24) is 0 Å². The molecular weight excluding hydrogens is 267 g/mol. The number of nitrogens with zero attached hydrogens (tertiary/aromatic N) is 1. The number of halogens is 1. The van der Waals surface area contributed by atoms with Crippen LogP contribution in [-0.2, 0) is 0 Å². The fraction of sp³-hybridized carbons (Fsp3) is 0.294. The molecule has 0 amide bonds. The smallest absolute Gasteiger partial charge is 0.165 e. The van der Waals surface area contributed by atoms with E-state index in [4.69, 9.17) is 4.74 Å². The molecule has 0 spiro atoms. The molecule has 0 aliphatic carbocycles. The van der Waals surface area contributed by atoms with E-state index in [2.05, 4.69) is 22.3 Å². The highest BCUT2D eigenvalue weighted by molar-refractivity contribution is 5.58. The standard InChI is InChI=1S/C17H21FN2O/c1-12(13-8-9-16(18)17(10-13)21-4)19-14-6-5-7-15(11-14)20(2)3/h5-12,19H,1-4H3. The monoisotopic (exact) mass is 288 g/mol. The van der Waals surface area contributed by atoms with Gasteiger partial charge in [0.25, 0.3) is 0 Å². The Kier molecular flexibility index (Phi) is 4.68. The minimum absolute atomic E-state index is 0.0527. The van der Waals surface area contributed by atoms with Crippen molar-refractivity contribution in [2.75, 3.05) is 31.4 Å². The summed E-state index contributed by atoms with van der Waals surface area (Å²) >= 11 is 0. The van der Waals surface area contributed by atoms with Gasteiger partial charge in [-0.15, -0.1) is 0 Å². The summed E-state index contributed by atoms with van der Waals surface area (Å²) < 4.78 is 18.5. The number of hydrogen-bond donors (Lipinski definition) is 1. The Morgan fingerprint density at radius 2 is 1.90 bits per heavy atom.